The number of halogens is 1. The van der Waals surface area contributed by atoms with Gasteiger partial charge in [-0.1, -0.05) is 6.07 Å². The highest BCUT2D eigenvalue weighted by Crippen LogP contribution is 2.16. The van der Waals surface area contributed by atoms with Crippen molar-refractivity contribution >= 4 is 27.5 Å². The van der Waals surface area contributed by atoms with Gasteiger partial charge in [0.05, 0.1) is 19.1 Å². The van der Waals surface area contributed by atoms with Crippen LogP contribution >= 0.6 is 15.9 Å². The van der Waals surface area contributed by atoms with Gasteiger partial charge in [0.25, 0.3) is 5.56 Å². The third-order valence-electron chi connectivity index (χ3n) is 2.82. The summed E-state index contributed by atoms with van der Waals surface area (Å²) >= 11 is 3.16. The van der Waals surface area contributed by atoms with Crippen molar-refractivity contribution in [2.24, 2.45) is 0 Å². The third kappa shape index (κ3) is 3.69. The molecule has 0 fully saturated rings. The van der Waals surface area contributed by atoms with Crippen molar-refractivity contribution in [2.45, 2.75) is 13.5 Å². The number of aryl methyl sites for hydroxylation is 1. The average molecular weight is 352 g/mol. The van der Waals surface area contributed by atoms with Gasteiger partial charge in [0, 0.05) is 11.8 Å². The van der Waals surface area contributed by atoms with Crippen LogP contribution in [-0.4, -0.2) is 22.6 Å². The Morgan fingerprint density at radius 3 is 2.95 bits per heavy atom. The van der Waals surface area contributed by atoms with E-state index in [1.165, 1.54) is 10.9 Å². The number of methoxy groups -OCH3 is 1. The van der Waals surface area contributed by atoms with Crippen LogP contribution in [0.1, 0.15) is 5.69 Å². The summed E-state index contributed by atoms with van der Waals surface area (Å²) in [4.78, 5) is 28.0. The Labute approximate surface area is 129 Å². The molecule has 21 heavy (non-hydrogen) atoms. The van der Waals surface area contributed by atoms with Gasteiger partial charge in [0.1, 0.15) is 16.8 Å². The Bertz CT molecular complexity index is 728. The van der Waals surface area contributed by atoms with E-state index in [9.17, 15) is 9.59 Å². The number of amides is 1. The molecule has 6 nitrogen and oxygen atoms in total. The molecule has 0 saturated heterocycles. The molecule has 0 aliphatic heterocycles. The lowest BCUT2D eigenvalue weighted by Gasteiger charge is -2.09. The summed E-state index contributed by atoms with van der Waals surface area (Å²) in [6.45, 7) is 1.61. The number of aromatic nitrogens is 2. The highest BCUT2D eigenvalue weighted by atomic mass is 79.9. The van der Waals surface area contributed by atoms with E-state index in [-0.39, 0.29) is 18.0 Å². The molecule has 0 atom stereocenters. The fraction of sp³-hybridized carbons (Fsp3) is 0.214. The van der Waals surface area contributed by atoms with Gasteiger partial charge < -0.3 is 10.1 Å². The van der Waals surface area contributed by atoms with Crippen LogP contribution in [0.2, 0.25) is 0 Å². The Morgan fingerprint density at radius 2 is 2.24 bits per heavy atom. The molecule has 1 N–H and O–H groups in total. The summed E-state index contributed by atoms with van der Waals surface area (Å²) in [5.74, 6) is 0.327. The lowest BCUT2D eigenvalue weighted by Crippen LogP contribution is -2.28. The summed E-state index contributed by atoms with van der Waals surface area (Å²) < 4.78 is 6.68. The third-order valence-corrected chi connectivity index (χ3v) is 3.74. The van der Waals surface area contributed by atoms with Crippen molar-refractivity contribution in [2.75, 3.05) is 12.4 Å². The van der Waals surface area contributed by atoms with Crippen LogP contribution in [0.3, 0.4) is 0 Å². The molecule has 0 radical (unpaired) electrons. The van der Waals surface area contributed by atoms with Gasteiger partial charge in [-0.2, -0.15) is 0 Å². The van der Waals surface area contributed by atoms with Crippen LogP contribution in [0.15, 0.2) is 39.9 Å². The molecule has 2 rings (SSSR count). The number of ether oxygens (including phenoxy) is 1. The molecule has 2 aromatic rings. The number of carbonyl (C=O) groups is 1. The van der Waals surface area contributed by atoms with Crippen LogP contribution < -0.4 is 15.6 Å². The summed E-state index contributed by atoms with van der Waals surface area (Å²) in [6.07, 6.45) is 1.35. The molecule has 0 saturated carbocycles. The molecule has 110 valence electrons. The van der Waals surface area contributed by atoms with Gasteiger partial charge in [-0.05, 0) is 35.0 Å². The maximum atomic E-state index is 12.0. The zero-order chi connectivity index (χ0) is 15.4. The molecule has 1 amide bonds. The molecule has 0 spiro atoms. The first-order valence-electron chi connectivity index (χ1n) is 6.16. The number of nitrogens with one attached hydrogen (secondary N) is 1. The number of hydrogen-bond acceptors (Lipinski definition) is 4. The molecule has 7 heteroatoms. The molecule has 1 aromatic carbocycles. The van der Waals surface area contributed by atoms with Crippen LogP contribution in [0, 0.1) is 6.92 Å². The Balaban J connectivity index is 2.12. The van der Waals surface area contributed by atoms with Crippen LogP contribution in [0.4, 0.5) is 5.69 Å². The van der Waals surface area contributed by atoms with Crippen LogP contribution in [0.25, 0.3) is 0 Å². The largest absolute Gasteiger partial charge is 0.497 e. The van der Waals surface area contributed by atoms with Gasteiger partial charge in [-0.3, -0.25) is 14.2 Å². The predicted octanol–water partition coefficient (Wildman–Crippen LogP) is 1.96. The first-order chi connectivity index (χ1) is 10.0. The van der Waals surface area contributed by atoms with Crippen molar-refractivity contribution in [1.82, 2.24) is 9.55 Å². The molecule has 1 aromatic heterocycles. The van der Waals surface area contributed by atoms with E-state index in [0.717, 1.165) is 0 Å². The maximum absolute atomic E-state index is 12.0. The van der Waals surface area contributed by atoms with E-state index in [1.807, 2.05) is 0 Å². The topological polar surface area (TPSA) is 73.2 Å². The quantitative estimate of drug-likeness (QED) is 0.913. The fourth-order valence-corrected chi connectivity index (χ4v) is 2.05. The van der Waals surface area contributed by atoms with Crippen molar-refractivity contribution in [3.63, 3.8) is 0 Å². The van der Waals surface area contributed by atoms with Gasteiger partial charge in [-0.15, -0.1) is 0 Å². The summed E-state index contributed by atoms with van der Waals surface area (Å²) in [6, 6.07) is 6.99. The number of nitrogens with zero attached hydrogens (tertiary/aromatic N) is 2. The first kappa shape index (κ1) is 15.2. The van der Waals surface area contributed by atoms with Crippen LogP contribution in [-0.2, 0) is 11.3 Å². The molecule has 0 aliphatic rings. The number of hydrogen-bond donors (Lipinski definition) is 1. The Hall–Kier alpha value is -2.15. The van der Waals surface area contributed by atoms with Gasteiger partial charge >= 0.3 is 0 Å². The maximum Gasteiger partial charge on any atom is 0.268 e. The molecule has 0 bridgehead atoms. The molecule has 1 heterocycles. The predicted molar refractivity (Wildman–Crippen MR) is 82.6 cm³/mol. The molecule has 0 aliphatic carbocycles. The zero-order valence-corrected chi connectivity index (χ0v) is 13.2. The van der Waals surface area contributed by atoms with Crippen molar-refractivity contribution in [3.05, 3.63) is 51.1 Å². The normalized spacial score (nSPS) is 10.2. The average Bonchev–Trinajstić information content (AvgIpc) is 2.48. The van der Waals surface area contributed by atoms with Gasteiger partial charge in [0.2, 0.25) is 5.91 Å². The van der Waals surface area contributed by atoms with Crippen molar-refractivity contribution < 1.29 is 9.53 Å². The molecular weight excluding hydrogens is 338 g/mol. The Morgan fingerprint density at radius 1 is 1.48 bits per heavy atom. The summed E-state index contributed by atoms with van der Waals surface area (Å²) in [5, 5.41) is 2.70. The highest BCUT2D eigenvalue weighted by molar-refractivity contribution is 9.10. The Kier molecular flexibility index (Phi) is 4.74. The SMILES string of the molecule is COc1cccc(NC(=O)Cn2cnc(C)c(Br)c2=O)c1. The van der Waals surface area contributed by atoms with Gasteiger partial charge in [0.15, 0.2) is 0 Å². The smallest absolute Gasteiger partial charge is 0.268 e. The zero-order valence-electron chi connectivity index (χ0n) is 11.6. The standard InChI is InChI=1S/C14H14BrN3O3/c1-9-13(15)14(20)18(8-16-9)7-12(19)17-10-4-3-5-11(6-10)21-2/h3-6,8H,7H2,1-2H3,(H,17,19). The second-order valence-corrected chi connectivity index (χ2v) is 5.15. The lowest BCUT2D eigenvalue weighted by molar-refractivity contribution is -0.116. The summed E-state index contributed by atoms with van der Waals surface area (Å²) in [5.41, 5.74) is 0.902. The second kappa shape index (κ2) is 6.53. The number of anilines is 1. The number of rotatable bonds is 4. The minimum Gasteiger partial charge on any atom is -0.497 e. The van der Waals surface area contributed by atoms with E-state index in [2.05, 4.69) is 26.2 Å². The lowest BCUT2D eigenvalue weighted by atomic mass is 10.3. The molecule has 0 unspecified atom stereocenters. The number of benzene rings is 1. The first-order valence-corrected chi connectivity index (χ1v) is 6.96. The van der Waals surface area contributed by atoms with Gasteiger partial charge in [-0.25, -0.2) is 4.98 Å². The van der Waals surface area contributed by atoms with E-state index in [0.29, 0.717) is 21.6 Å². The summed E-state index contributed by atoms with van der Waals surface area (Å²) in [7, 11) is 1.55. The van der Waals surface area contributed by atoms with Crippen molar-refractivity contribution in [3.8, 4) is 5.75 Å². The minimum absolute atomic E-state index is 0.109. The minimum atomic E-state index is -0.317. The van der Waals surface area contributed by atoms with Crippen LogP contribution in [0.5, 0.6) is 5.75 Å². The van der Waals surface area contributed by atoms with E-state index >= 15 is 0 Å². The van der Waals surface area contributed by atoms with E-state index in [4.69, 9.17) is 4.74 Å². The van der Waals surface area contributed by atoms with E-state index in [1.54, 1.807) is 38.3 Å². The van der Waals surface area contributed by atoms with Crippen molar-refractivity contribution in [1.29, 1.82) is 0 Å². The number of carbonyl (C=O) groups excluding carboxylic acids is 1. The highest BCUT2D eigenvalue weighted by Gasteiger charge is 2.09. The van der Waals surface area contributed by atoms with E-state index < -0.39 is 0 Å². The fourth-order valence-electron chi connectivity index (χ4n) is 1.71. The second-order valence-electron chi connectivity index (χ2n) is 4.36. The molecular formula is C14H14BrN3O3. The monoisotopic (exact) mass is 351 g/mol.